The Labute approximate surface area is 118 Å². The third-order valence-corrected chi connectivity index (χ3v) is 3.37. The quantitative estimate of drug-likeness (QED) is 0.344. The fraction of sp³-hybridized carbons (Fsp3) is 0.909. The molecule has 0 aliphatic heterocycles. The average Bonchev–Trinajstić information content (AvgIpc) is 2.87. The smallest absolute Gasteiger partial charge is 0.209 e. The molecule has 1 heterocycles. The minimum atomic E-state index is -0.344. The molecule has 1 rings (SSSR count). The van der Waals surface area contributed by atoms with Crippen molar-refractivity contribution in [3.8, 4) is 0 Å². The van der Waals surface area contributed by atoms with Crippen molar-refractivity contribution in [3.63, 3.8) is 0 Å². The van der Waals surface area contributed by atoms with Gasteiger partial charge < -0.3 is 14.2 Å². The molecule has 0 saturated heterocycles. The van der Waals surface area contributed by atoms with Gasteiger partial charge in [0.15, 0.2) is 6.29 Å². The fourth-order valence-electron chi connectivity index (χ4n) is 1.34. The van der Waals surface area contributed by atoms with E-state index in [4.69, 9.17) is 14.2 Å². The summed E-state index contributed by atoms with van der Waals surface area (Å²) in [6, 6.07) is 0. The summed E-state index contributed by atoms with van der Waals surface area (Å²) < 4.78 is 17.4. The monoisotopic (exact) mass is 290 g/mol. The van der Waals surface area contributed by atoms with Crippen molar-refractivity contribution >= 4 is 11.8 Å². The minimum absolute atomic E-state index is 0.344. The Morgan fingerprint density at radius 1 is 1.26 bits per heavy atom. The van der Waals surface area contributed by atoms with Gasteiger partial charge >= 0.3 is 0 Å². The van der Waals surface area contributed by atoms with Crippen LogP contribution in [0.15, 0.2) is 5.16 Å². The predicted octanol–water partition coefficient (Wildman–Crippen LogP) is 1.20. The standard InChI is InChI=1S/C11H22N4O3S/c1-4-5-6-18-7-8-19-11-12-13-14-15(11)9-10(16-2)17-3/h10H,4-9H2,1-3H3. The minimum Gasteiger partial charge on any atom is -0.381 e. The summed E-state index contributed by atoms with van der Waals surface area (Å²) >= 11 is 1.57. The van der Waals surface area contributed by atoms with Crippen LogP contribution in [0.5, 0.6) is 0 Å². The Kier molecular flexibility index (Phi) is 8.72. The molecular weight excluding hydrogens is 268 g/mol. The summed E-state index contributed by atoms with van der Waals surface area (Å²) in [5.41, 5.74) is 0. The summed E-state index contributed by atoms with van der Waals surface area (Å²) in [6.45, 7) is 4.14. The summed E-state index contributed by atoms with van der Waals surface area (Å²) in [5.74, 6) is 0.828. The maximum Gasteiger partial charge on any atom is 0.209 e. The van der Waals surface area contributed by atoms with Crippen LogP contribution in [-0.2, 0) is 20.8 Å². The molecule has 1 aromatic rings. The summed E-state index contributed by atoms with van der Waals surface area (Å²) in [4.78, 5) is 0. The number of unbranched alkanes of at least 4 members (excludes halogenated alkanes) is 1. The number of rotatable bonds is 11. The van der Waals surface area contributed by atoms with Gasteiger partial charge in [-0.25, -0.2) is 4.68 Å². The molecule has 19 heavy (non-hydrogen) atoms. The Hall–Kier alpha value is -0.700. The van der Waals surface area contributed by atoms with Crippen molar-refractivity contribution in [2.24, 2.45) is 0 Å². The van der Waals surface area contributed by atoms with Crippen molar-refractivity contribution in [1.29, 1.82) is 0 Å². The number of aromatic nitrogens is 4. The first-order chi connectivity index (χ1) is 9.31. The number of ether oxygens (including phenoxy) is 3. The zero-order valence-corrected chi connectivity index (χ0v) is 12.6. The molecule has 0 aliphatic rings. The van der Waals surface area contributed by atoms with Crippen LogP contribution >= 0.6 is 11.8 Å². The number of hydrogen-bond donors (Lipinski definition) is 0. The molecule has 0 aromatic carbocycles. The van der Waals surface area contributed by atoms with Crippen molar-refractivity contribution < 1.29 is 14.2 Å². The van der Waals surface area contributed by atoms with Gasteiger partial charge in [0.25, 0.3) is 0 Å². The van der Waals surface area contributed by atoms with Crippen LogP contribution in [0.4, 0.5) is 0 Å². The van der Waals surface area contributed by atoms with Crippen LogP contribution in [0, 0.1) is 0 Å². The molecule has 1 aromatic heterocycles. The molecular formula is C11H22N4O3S. The fourth-order valence-corrected chi connectivity index (χ4v) is 2.08. The Morgan fingerprint density at radius 3 is 2.74 bits per heavy atom. The molecule has 0 radical (unpaired) electrons. The van der Waals surface area contributed by atoms with E-state index in [-0.39, 0.29) is 6.29 Å². The maximum absolute atomic E-state index is 5.49. The first-order valence-corrected chi connectivity index (χ1v) is 7.32. The van der Waals surface area contributed by atoms with Crippen LogP contribution in [0.25, 0.3) is 0 Å². The Morgan fingerprint density at radius 2 is 2.05 bits per heavy atom. The van der Waals surface area contributed by atoms with E-state index in [1.165, 1.54) is 0 Å². The van der Waals surface area contributed by atoms with E-state index in [2.05, 4.69) is 22.4 Å². The molecule has 0 N–H and O–H groups in total. The molecule has 0 fully saturated rings. The van der Waals surface area contributed by atoms with Gasteiger partial charge in [-0.1, -0.05) is 25.1 Å². The van der Waals surface area contributed by atoms with Crippen molar-refractivity contribution in [1.82, 2.24) is 20.2 Å². The molecule has 0 amide bonds. The first kappa shape index (κ1) is 16.4. The first-order valence-electron chi connectivity index (χ1n) is 6.34. The van der Waals surface area contributed by atoms with E-state index in [1.54, 1.807) is 30.7 Å². The lowest BCUT2D eigenvalue weighted by atomic mass is 10.4. The largest absolute Gasteiger partial charge is 0.381 e. The second kappa shape index (κ2) is 10.1. The second-order valence-corrected chi connectivity index (χ2v) is 4.92. The molecule has 8 heteroatoms. The van der Waals surface area contributed by atoms with Crippen LogP contribution in [0.1, 0.15) is 19.8 Å². The highest BCUT2D eigenvalue weighted by molar-refractivity contribution is 7.99. The zero-order valence-electron chi connectivity index (χ0n) is 11.7. The van der Waals surface area contributed by atoms with E-state index >= 15 is 0 Å². The topological polar surface area (TPSA) is 71.3 Å². The van der Waals surface area contributed by atoms with E-state index in [1.807, 2.05) is 0 Å². The van der Waals surface area contributed by atoms with Crippen molar-refractivity contribution in [2.75, 3.05) is 33.2 Å². The predicted molar refractivity (Wildman–Crippen MR) is 72.1 cm³/mol. The van der Waals surface area contributed by atoms with E-state index < -0.39 is 0 Å². The van der Waals surface area contributed by atoms with E-state index in [0.29, 0.717) is 13.2 Å². The second-order valence-electron chi connectivity index (χ2n) is 3.86. The third-order valence-electron chi connectivity index (χ3n) is 2.45. The summed E-state index contributed by atoms with van der Waals surface area (Å²) in [5, 5.41) is 12.3. The van der Waals surface area contributed by atoms with Gasteiger partial charge in [0.05, 0.1) is 13.2 Å². The molecule has 0 aliphatic carbocycles. The van der Waals surface area contributed by atoms with Crippen molar-refractivity contribution in [3.05, 3.63) is 0 Å². The third kappa shape index (κ3) is 6.33. The number of methoxy groups -OCH3 is 2. The number of thioether (sulfide) groups is 1. The SMILES string of the molecule is CCCCOCCSc1nnnn1CC(OC)OC. The van der Waals surface area contributed by atoms with Gasteiger partial charge in [-0.3, -0.25) is 0 Å². The number of tetrazole rings is 1. The van der Waals surface area contributed by atoms with Gasteiger partial charge in [0.2, 0.25) is 5.16 Å². The molecule has 0 atom stereocenters. The van der Waals surface area contributed by atoms with Gasteiger partial charge in [0.1, 0.15) is 0 Å². The molecule has 0 bridgehead atoms. The summed E-state index contributed by atoms with van der Waals surface area (Å²) in [7, 11) is 3.18. The highest BCUT2D eigenvalue weighted by atomic mass is 32.2. The van der Waals surface area contributed by atoms with Crippen LogP contribution < -0.4 is 0 Å². The molecule has 0 spiro atoms. The van der Waals surface area contributed by atoms with Crippen LogP contribution in [0.2, 0.25) is 0 Å². The highest BCUT2D eigenvalue weighted by Gasteiger charge is 2.12. The van der Waals surface area contributed by atoms with Gasteiger partial charge in [-0.05, 0) is 16.8 Å². The van der Waals surface area contributed by atoms with Gasteiger partial charge in [-0.2, -0.15) is 0 Å². The van der Waals surface area contributed by atoms with Gasteiger partial charge in [-0.15, -0.1) is 5.10 Å². The lowest BCUT2D eigenvalue weighted by Gasteiger charge is -2.13. The lowest BCUT2D eigenvalue weighted by Crippen LogP contribution is -2.22. The molecule has 0 unspecified atom stereocenters. The normalized spacial score (nSPS) is 11.4. The van der Waals surface area contributed by atoms with Gasteiger partial charge in [0, 0.05) is 26.6 Å². The van der Waals surface area contributed by atoms with Crippen molar-refractivity contribution in [2.45, 2.75) is 37.8 Å². The molecule has 110 valence electrons. The van der Waals surface area contributed by atoms with Crippen LogP contribution in [0.3, 0.4) is 0 Å². The van der Waals surface area contributed by atoms with E-state index in [9.17, 15) is 0 Å². The Balaban J connectivity index is 2.28. The Bertz CT molecular complexity index is 333. The average molecular weight is 290 g/mol. The summed E-state index contributed by atoms with van der Waals surface area (Å²) in [6.07, 6.45) is 1.91. The van der Waals surface area contributed by atoms with E-state index in [0.717, 1.165) is 30.4 Å². The molecule has 0 saturated carbocycles. The number of hydrogen-bond acceptors (Lipinski definition) is 7. The lowest BCUT2D eigenvalue weighted by molar-refractivity contribution is -0.113. The number of nitrogens with zero attached hydrogens (tertiary/aromatic N) is 4. The highest BCUT2D eigenvalue weighted by Crippen LogP contribution is 2.14. The van der Waals surface area contributed by atoms with Crippen LogP contribution in [-0.4, -0.2) is 59.7 Å². The maximum atomic E-state index is 5.49. The molecule has 7 nitrogen and oxygen atoms in total. The zero-order chi connectivity index (χ0) is 13.9.